The van der Waals surface area contributed by atoms with Crippen LogP contribution >= 0.6 is 0 Å². The number of amides is 2. The van der Waals surface area contributed by atoms with Crippen molar-refractivity contribution >= 4 is 17.9 Å². The minimum absolute atomic E-state index is 0.0943. The fourth-order valence-corrected chi connectivity index (χ4v) is 3.71. The highest BCUT2D eigenvalue weighted by Crippen LogP contribution is 2.23. The van der Waals surface area contributed by atoms with Gasteiger partial charge in [0.2, 0.25) is 5.91 Å². The Bertz CT molecular complexity index is 761. The van der Waals surface area contributed by atoms with E-state index in [4.69, 9.17) is 0 Å². The van der Waals surface area contributed by atoms with E-state index in [0.29, 0.717) is 13.0 Å². The Hall–Kier alpha value is -1.97. The number of nitrogens with zero attached hydrogens (tertiary/aromatic N) is 1. The third-order valence-corrected chi connectivity index (χ3v) is 5.27. The van der Waals surface area contributed by atoms with Crippen LogP contribution in [0, 0.1) is 25.7 Å². The number of carbonyl (C=O) groups excluding carboxylic acids is 2. The molecule has 1 atom stereocenters. The third-order valence-electron chi connectivity index (χ3n) is 5.27. The van der Waals surface area contributed by atoms with Gasteiger partial charge < -0.3 is 5.32 Å². The van der Waals surface area contributed by atoms with Crippen LogP contribution < -0.4 is 15.9 Å². The summed E-state index contributed by atoms with van der Waals surface area (Å²) in [5.74, 6) is -0.00446. The van der Waals surface area contributed by atoms with Gasteiger partial charge in [-0.3, -0.25) is 9.59 Å². The van der Waals surface area contributed by atoms with Crippen LogP contribution in [0.4, 0.5) is 0 Å². The number of hydrogen-bond acceptors (Lipinski definition) is 2. The fourth-order valence-electron chi connectivity index (χ4n) is 3.71. The molecule has 4 nitrogen and oxygen atoms in total. The summed E-state index contributed by atoms with van der Waals surface area (Å²) in [5.41, 5.74) is 2.17. The maximum atomic E-state index is 12.3. The summed E-state index contributed by atoms with van der Waals surface area (Å²) in [5, 5.41) is 4.89. The molecule has 1 aliphatic heterocycles. The smallest absolute Gasteiger partial charge is 0.253 e. The first kappa shape index (κ1) is 16.9. The fraction of sp³-hybridized carbons (Fsp3) is 0.550. The Morgan fingerprint density at radius 1 is 1.17 bits per heavy atom. The summed E-state index contributed by atoms with van der Waals surface area (Å²) >= 11 is 0. The Morgan fingerprint density at radius 3 is 2.62 bits per heavy atom. The second-order valence-corrected chi connectivity index (χ2v) is 7.10. The maximum absolute atomic E-state index is 12.3. The molecule has 1 aromatic carbocycles. The van der Waals surface area contributed by atoms with Crippen molar-refractivity contribution in [2.75, 3.05) is 6.54 Å². The van der Waals surface area contributed by atoms with Crippen molar-refractivity contribution in [3.8, 4) is 0 Å². The predicted molar refractivity (Wildman–Crippen MR) is 93.9 cm³/mol. The molecule has 1 N–H and O–H groups in total. The van der Waals surface area contributed by atoms with Crippen molar-refractivity contribution in [1.82, 2.24) is 5.32 Å². The summed E-state index contributed by atoms with van der Waals surface area (Å²) in [4.78, 5) is 28.8. The molecular formula is C20H26N2O2. The predicted octanol–water partition coefficient (Wildman–Crippen LogP) is 1.95. The summed E-state index contributed by atoms with van der Waals surface area (Å²) < 4.78 is 0. The Morgan fingerprint density at radius 2 is 1.88 bits per heavy atom. The van der Waals surface area contributed by atoms with E-state index < -0.39 is 0 Å². The summed E-state index contributed by atoms with van der Waals surface area (Å²) in [6.07, 6.45) is 8.20. The second kappa shape index (κ2) is 7.29. The van der Waals surface area contributed by atoms with E-state index in [1.54, 1.807) is 0 Å². The Balaban J connectivity index is 1.63. The number of aryl methyl sites for hydroxylation is 2. The van der Waals surface area contributed by atoms with Gasteiger partial charge in [-0.05, 0) is 44.2 Å². The molecule has 1 saturated carbocycles. The molecule has 1 fully saturated rings. The van der Waals surface area contributed by atoms with E-state index in [0.717, 1.165) is 47.4 Å². The number of benzene rings is 1. The molecule has 0 aromatic heterocycles. The lowest BCUT2D eigenvalue weighted by Gasteiger charge is -2.21. The van der Waals surface area contributed by atoms with Gasteiger partial charge in [-0.1, -0.05) is 37.5 Å². The molecule has 1 aliphatic carbocycles. The summed E-state index contributed by atoms with van der Waals surface area (Å²) in [6.45, 7) is 4.56. The van der Waals surface area contributed by atoms with Crippen molar-refractivity contribution in [3.63, 3.8) is 0 Å². The first-order valence-corrected chi connectivity index (χ1v) is 9.04. The topological polar surface area (TPSA) is 58.5 Å². The highest BCUT2D eigenvalue weighted by molar-refractivity contribution is 5.86. The van der Waals surface area contributed by atoms with Gasteiger partial charge in [0, 0.05) is 17.7 Å². The van der Waals surface area contributed by atoms with E-state index >= 15 is 0 Å². The number of carbonyl (C=O) groups is 2. The van der Waals surface area contributed by atoms with E-state index in [1.165, 1.54) is 6.42 Å². The normalized spacial score (nSPS) is 20.8. The van der Waals surface area contributed by atoms with E-state index in [-0.39, 0.29) is 23.7 Å². The molecule has 0 saturated heterocycles. The van der Waals surface area contributed by atoms with Crippen molar-refractivity contribution in [2.45, 2.75) is 52.4 Å². The van der Waals surface area contributed by atoms with E-state index in [2.05, 4.69) is 16.4 Å². The number of fused-ring (bicyclic) bond motifs is 1. The minimum atomic E-state index is -0.232. The monoisotopic (exact) mass is 326 g/mol. The van der Waals surface area contributed by atoms with Crippen LogP contribution in [0.2, 0.25) is 0 Å². The number of hydrogen-bond donors (Lipinski definition) is 1. The van der Waals surface area contributed by atoms with Crippen LogP contribution in [-0.2, 0) is 9.59 Å². The van der Waals surface area contributed by atoms with Crippen molar-refractivity contribution in [1.29, 1.82) is 0 Å². The van der Waals surface area contributed by atoms with Crippen LogP contribution in [0.1, 0.15) is 49.7 Å². The number of rotatable bonds is 4. The van der Waals surface area contributed by atoms with Crippen molar-refractivity contribution in [3.05, 3.63) is 33.8 Å². The van der Waals surface area contributed by atoms with Gasteiger partial charge in [0.15, 0.2) is 0 Å². The Kier molecular flexibility index (Phi) is 5.12. The summed E-state index contributed by atoms with van der Waals surface area (Å²) in [7, 11) is 0. The zero-order chi connectivity index (χ0) is 17.1. The molecule has 0 radical (unpaired) electrons. The zero-order valence-corrected chi connectivity index (χ0v) is 14.6. The number of nitrogens with one attached hydrogen (secondary N) is 1. The quantitative estimate of drug-likeness (QED) is 0.919. The first-order valence-electron chi connectivity index (χ1n) is 9.04. The lowest BCUT2D eigenvalue weighted by atomic mass is 9.88. The molecule has 2 amide bonds. The standard InChI is InChI=1S/C20H26N2O2/c1-13-8-9-14(2)18-17(13)12-16(20(24)22-18)10-11-21-19(23)15-6-4-3-5-7-15/h8-9,12,15-16H,3-7,10-11H2,1-2H3,(H,21,23). The highest BCUT2D eigenvalue weighted by atomic mass is 16.2. The van der Waals surface area contributed by atoms with Crippen LogP contribution in [0.15, 0.2) is 17.1 Å². The molecule has 128 valence electrons. The molecule has 2 aliphatic rings. The average molecular weight is 326 g/mol. The third kappa shape index (κ3) is 3.58. The van der Waals surface area contributed by atoms with Crippen molar-refractivity contribution < 1.29 is 9.59 Å². The van der Waals surface area contributed by atoms with Gasteiger partial charge in [0.05, 0.1) is 11.3 Å². The largest absolute Gasteiger partial charge is 0.356 e. The highest BCUT2D eigenvalue weighted by Gasteiger charge is 2.22. The molecule has 0 spiro atoms. The van der Waals surface area contributed by atoms with Crippen molar-refractivity contribution in [2.24, 2.45) is 16.8 Å². The molecule has 1 heterocycles. The van der Waals surface area contributed by atoms with Gasteiger partial charge in [0.1, 0.15) is 0 Å². The maximum Gasteiger partial charge on any atom is 0.253 e. The molecule has 24 heavy (non-hydrogen) atoms. The molecule has 0 bridgehead atoms. The molecular weight excluding hydrogens is 300 g/mol. The van der Waals surface area contributed by atoms with Gasteiger partial charge in [-0.2, -0.15) is 0 Å². The zero-order valence-electron chi connectivity index (χ0n) is 14.6. The molecule has 1 aromatic rings. The minimum Gasteiger partial charge on any atom is -0.356 e. The SMILES string of the molecule is Cc1ccc(C)c2c1=CC(CCNC(=O)C1CCCCC1)C(=O)N=2. The lowest BCUT2D eigenvalue weighted by Crippen LogP contribution is -2.39. The van der Waals surface area contributed by atoms with Crippen LogP contribution in [0.3, 0.4) is 0 Å². The lowest BCUT2D eigenvalue weighted by molar-refractivity contribution is -0.126. The Labute approximate surface area is 143 Å². The first-order chi connectivity index (χ1) is 11.6. The summed E-state index contributed by atoms with van der Waals surface area (Å²) in [6, 6.07) is 4.07. The van der Waals surface area contributed by atoms with Gasteiger partial charge in [0.25, 0.3) is 5.91 Å². The molecule has 4 heteroatoms. The molecule has 3 rings (SSSR count). The van der Waals surface area contributed by atoms with Gasteiger partial charge >= 0.3 is 0 Å². The van der Waals surface area contributed by atoms with Crippen LogP contribution in [-0.4, -0.2) is 18.4 Å². The van der Waals surface area contributed by atoms with E-state index in [1.807, 2.05) is 26.0 Å². The van der Waals surface area contributed by atoms with E-state index in [9.17, 15) is 9.59 Å². The van der Waals surface area contributed by atoms with Crippen LogP contribution in [0.5, 0.6) is 0 Å². The van der Waals surface area contributed by atoms with Gasteiger partial charge in [-0.15, -0.1) is 0 Å². The van der Waals surface area contributed by atoms with Crippen LogP contribution in [0.25, 0.3) is 6.08 Å². The second-order valence-electron chi connectivity index (χ2n) is 7.10. The molecule has 1 unspecified atom stereocenters. The van der Waals surface area contributed by atoms with Gasteiger partial charge in [-0.25, -0.2) is 4.99 Å². The average Bonchev–Trinajstić information content (AvgIpc) is 2.60.